The van der Waals surface area contributed by atoms with Crippen LogP contribution in [0.4, 0.5) is 0 Å². The van der Waals surface area contributed by atoms with Crippen LogP contribution in [-0.4, -0.2) is 37.7 Å². The van der Waals surface area contributed by atoms with Crippen LogP contribution in [0, 0.1) is 13.8 Å². The number of ketones is 1. The smallest absolute Gasteiger partial charge is 0.338 e. The normalized spacial score (nSPS) is 16.1. The monoisotopic (exact) mass is 368 g/mol. The highest BCUT2D eigenvalue weighted by Gasteiger charge is 2.17. The number of ether oxygens (including phenoxy) is 3. The van der Waals surface area contributed by atoms with Crippen LogP contribution in [0.2, 0.25) is 0 Å². The Morgan fingerprint density at radius 1 is 1.11 bits per heavy atom. The lowest BCUT2D eigenvalue weighted by molar-refractivity contribution is 0.0474. The van der Waals surface area contributed by atoms with Crippen LogP contribution in [0.5, 0.6) is 5.75 Å². The molecule has 142 valence electrons. The van der Waals surface area contributed by atoms with Crippen LogP contribution in [-0.2, 0) is 9.47 Å². The van der Waals surface area contributed by atoms with E-state index >= 15 is 0 Å². The number of esters is 1. The van der Waals surface area contributed by atoms with E-state index in [1.807, 2.05) is 32.0 Å². The molecular weight excluding hydrogens is 344 g/mol. The second-order valence-corrected chi connectivity index (χ2v) is 6.79. The molecule has 0 amide bonds. The van der Waals surface area contributed by atoms with Crippen LogP contribution >= 0.6 is 0 Å². The Morgan fingerprint density at radius 3 is 2.59 bits per heavy atom. The second-order valence-electron chi connectivity index (χ2n) is 6.79. The zero-order valence-corrected chi connectivity index (χ0v) is 15.7. The zero-order valence-electron chi connectivity index (χ0n) is 15.7. The summed E-state index contributed by atoms with van der Waals surface area (Å²) < 4.78 is 16.4. The molecule has 5 heteroatoms. The highest BCUT2D eigenvalue weighted by molar-refractivity contribution is 6.00. The SMILES string of the molecule is Cc1ccc(C)c(C(=O)COC(=O)c2ccc(OC[C@H]3CCCO3)cc2)c1. The van der Waals surface area contributed by atoms with Crippen molar-refractivity contribution in [1.82, 2.24) is 0 Å². The highest BCUT2D eigenvalue weighted by Crippen LogP contribution is 2.17. The van der Waals surface area contributed by atoms with E-state index in [0.29, 0.717) is 23.5 Å². The molecule has 1 fully saturated rings. The average Bonchev–Trinajstić information content (AvgIpc) is 3.20. The van der Waals surface area contributed by atoms with Gasteiger partial charge in [-0.25, -0.2) is 4.79 Å². The summed E-state index contributed by atoms with van der Waals surface area (Å²) in [6.07, 6.45) is 2.23. The quantitative estimate of drug-likeness (QED) is 0.548. The number of carbonyl (C=O) groups is 2. The molecule has 0 spiro atoms. The van der Waals surface area contributed by atoms with Gasteiger partial charge in [0, 0.05) is 12.2 Å². The van der Waals surface area contributed by atoms with Gasteiger partial charge in [0.2, 0.25) is 5.78 Å². The van der Waals surface area contributed by atoms with Crippen molar-refractivity contribution in [3.05, 3.63) is 64.7 Å². The van der Waals surface area contributed by atoms with Gasteiger partial charge in [0.05, 0.1) is 11.7 Å². The summed E-state index contributed by atoms with van der Waals surface area (Å²) in [4.78, 5) is 24.5. The molecular formula is C22H24O5. The van der Waals surface area contributed by atoms with Crippen molar-refractivity contribution in [2.75, 3.05) is 19.8 Å². The first-order valence-electron chi connectivity index (χ1n) is 9.15. The topological polar surface area (TPSA) is 61.8 Å². The third-order valence-electron chi connectivity index (χ3n) is 4.58. The van der Waals surface area contributed by atoms with Gasteiger partial charge >= 0.3 is 5.97 Å². The molecule has 2 aromatic rings. The Labute approximate surface area is 159 Å². The second kappa shape index (κ2) is 8.82. The van der Waals surface area contributed by atoms with Gasteiger partial charge in [0.1, 0.15) is 12.4 Å². The molecule has 1 saturated heterocycles. The van der Waals surface area contributed by atoms with Crippen LogP contribution in [0.1, 0.15) is 44.7 Å². The molecule has 3 rings (SSSR count). The molecule has 0 saturated carbocycles. The Kier molecular flexibility index (Phi) is 6.24. The number of carbonyl (C=O) groups excluding carboxylic acids is 2. The van der Waals surface area contributed by atoms with E-state index in [9.17, 15) is 9.59 Å². The Balaban J connectivity index is 1.51. The van der Waals surface area contributed by atoms with Crippen molar-refractivity contribution in [3.63, 3.8) is 0 Å². The molecule has 1 atom stereocenters. The number of aryl methyl sites for hydroxylation is 2. The number of hydrogen-bond acceptors (Lipinski definition) is 5. The summed E-state index contributed by atoms with van der Waals surface area (Å²) in [5.41, 5.74) is 2.83. The van der Waals surface area contributed by atoms with Gasteiger partial charge in [0.15, 0.2) is 6.61 Å². The fourth-order valence-electron chi connectivity index (χ4n) is 2.98. The summed E-state index contributed by atoms with van der Waals surface area (Å²) in [5, 5.41) is 0. The predicted molar refractivity (Wildman–Crippen MR) is 101 cm³/mol. The van der Waals surface area contributed by atoms with Crippen molar-refractivity contribution < 1.29 is 23.8 Å². The van der Waals surface area contributed by atoms with E-state index in [4.69, 9.17) is 14.2 Å². The van der Waals surface area contributed by atoms with Crippen LogP contribution in [0.25, 0.3) is 0 Å². The first-order valence-corrected chi connectivity index (χ1v) is 9.15. The third-order valence-corrected chi connectivity index (χ3v) is 4.58. The molecule has 2 aromatic carbocycles. The van der Waals surface area contributed by atoms with Crippen LogP contribution in [0.15, 0.2) is 42.5 Å². The molecule has 1 aliphatic rings. The molecule has 27 heavy (non-hydrogen) atoms. The van der Waals surface area contributed by atoms with E-state index in [2.05, 4.69) is 0 Å². The molecule has 5 nitrogen and oxygen atoms in total. The van der Waals surface area contributed by atoms with Crippen LogP contribution in [0.3, 0.4) is 0 Å². The molecule has 0 aliphatic carbocycles. The van der Waals surface area contributed by atoms with E-state index in [-0.39, 0.29) is 18.5 Å². The molecule has 0 bridgehead atoms. The predicted octanol–water partition coefficient (Wildman–Crippen LogP) is 3.90. The molecule has 0 aromatic heterocycles. The van der Waals surface area contributed by atoms with Gasteiger partial charge in [-0.2, -0.15) is 0 Å². The van der Waals surface area contributed by atoms with E-state index in [1.54, 1.807) is 24.3 Å². The number of rotatable bonds is 7. The van der Waals surface area contributed by atoms with Gasteiger partial charge < -0.3 is 14.2 Å². The largest absolute Gasteiger partial charge is 0.491 e. The van der Waals surface area contributed by atoms with Crippen molar-refractivity contribution in [2.24, 2.45) is 0 Å². The summed E-state index contributed by atoms with van der Waals surface area (Å²) in [5.74, 6) is -0.0612. The first kappa shape index (κ1) is 19.1. The first-order chi connectivity index (χ1) is 13.0. The van der Waals surface area contributed by atoms with Crippen LogP contribution < -0.4 is 4.74 Å². The summed E-state index contributed by atoms with van der Waals surface area (Å²) in [6, 6.07) is 12.4. The molecule has 0 radical (unpaired) electrons. The minimum Gasteiger partial charge on any atom is -0.491 e. The third kappa shape index (κ3) is 5.17. The standard InChI is InChI=1S/C22H24O5/c1-15-5-6-16(2)20(12-15)21(23)14-27-22(24)17-7-9-18(10-8-17)26-13-19-4-3-11-25-19/h5-10,12,19H,3-4,11,13-14H2,1-2H3/t19-/m1/s1. The van der Waals surface area contributed by atoms with Gasteiger partial charge in [-0.15, -0.1) is 0 Å². The van der Waals surface area contributed by atoms with Gasteiger partial charge in [-0.1, -0.05) is 17.7 Å². The Morgan fingerprint density at radius 2 is 1.89 bits per heavy atom. The summed E-state index contributed by atoms with van der Waals surface area (Å²) in [6.45, 7) is 4.81. The van der Waals surface area contributed by atoms with Gasteiger partial charge in [-0.3, -0.25) is 4.79 Å². The zero-order chi connectivity index (χ0) is 19.2. The molecule has 1 heterocycles. The molecule has 0 unspecified atom stereocenters. The lowest BCUT2D eigenvalue weighted by Crippen LogP contribution is -2.16. The van der Waals surface area contributed by atoms with Crippen molar-refractivity contribution in [2.45, 2.75) is 32.8 Å². The van der Waals surface area contributed by atoms with Crippen molar-refractivity contribution >= 4 is 11.8 Å². The maximum Gasteiger partial charge on any atom is 0.338 e. The fraction of sp³-hybridized carbons (Fsp3) is 0.364. The minimum atomic E-state index is -0.528. The molecule has 0 N–H and O–H groups in total. The minimum absolute atomic E-state index is 0.144. The van der Waals surface area contributed by atoms with E-state index < -0.39 is 5.97 Å². The van der Waals surface area contributed by atoms with Crippen molar-refractivity contribution in [3.8, 4) is 5.75 Å². The molecule has 1 aliphatic heterocycles. The number of hydrogen-bond donors (Lipinski definition) is 0. The van der Waals surface area contributed by atoms with Gasteiger partial charge in [-0.05, 0) is 62.6 Å². The van der Waals surface area contributed by atoms with Gasteiger partial charge in [0.25, 0.3) is 0 Å². The lowest BCUT2D eigenvalue weighted by atomic mass is 10.0. The van der Waals surface area contributed by atoms with Crippen molar-refractivity contribution in [1.29, 1.82) is 0 Å². The maximum atomic E-state index is 12.3. The van der Waals surface area contributed by atoms with E-state index in [1.165, 1.54) is 0 Å². The highest BCUT2D eigenvalue weighted by atomic mass is 16.5. The maximum absolute atomic E-state index is 12.3. The number of benzene rings is 2. The lowest BCUT2D eigenvalue weighted by Gasteiger charge is -2.11. The summed E-state index contributed by atoms with van der Waals surface area (Å²) >= 11 is 0. The Bertz CT molecular complexity index is 804. The average molecular weight is 368 g/mol. The fourth-order valence-corrected chi connectivity index (χ4v) is 2.98. The van der Waals surface area contributed by atoms with E-state index in [0.717, 1.165) is 30.6 Å². The number of Topliss-reactive ketones (excluding diaryl/α,β-unsaturated/α-hetero) is 1. The summed E-state index contributed by atoms with van der Waals surface area (Å²) in [7, 11) is 0. The Hall–Kier alpha value is -2.66.